The largest absolute Gasteiger partial charge is 0.497 e. The normalized spacial score (nSPS) is 20.6. The van der Waals surface area contributed by atoms with Gasteiger partial charge in [0.05, 0.1) is 7.11 Å². The van der Waals surface area contributed by atoms with Gasteiger partial charge in [-0.3, -0.25) is 0 Å². The molecule has 2 rings (SSSR count). The Labute approximate surface area is 96.9 Å². The van der Waals surface area contributed by atoms with Gasteiger partial charge in [0.1, 0.15) is 17.6 Å². The topological polar surface area (TPSA) is 18.5 Å². The minimum atomic E-state index is 0.301. The van der Waals surface area contributed by atoms with Crippen molar-refractivity contribution in [2.45, 2.75) is 31.8 Å². The fraction of sp³-hybridized carbons (Fsp3) is 0.429. The lowest BCUT2D eigenvalue weighted by Crippen LogP contribution is -2.20. The SMILES string of the molecule is C=C1CCCC(Oc2ccc(OC)cc2)C1. The Kier molecular flexibility index (Phi) is 3.50. The second-order valence-corrected chi connectivity index (χ2v) is 4.26. The van der Waals surface area contributed by atoms with E-state index in [1.54, 1.807) is 7.11 Å². The van der Waals surface area contributed by atoms with E-state index in [-0.39, 0.29) is 0 Å². The molecule has 0 heterocycles. The molecule has 2 heteroatoms. The number of methoxy groups -OCH3 is 1. The Morgan fingerprint density at radius 2 is 1.88 bits per heavy atom. The molecule has 0 saturated heterocycles. The quantitative estimate of drug-likeness (QED) is 0.722. The Bertz CT molecular complexity index is 354. The van der Waals surface area contributed by atoms with Gasteiger partial charge in [0.25, 0.3) is 0 Å². The molecule has 0 amide bonds. The van der Waals surface area contributed by atoms with E-state index in [2.05, 4.69) is 6.58 Å². The van der Waals surface area contributed by atoms with E-state index in [9.17, 15) is 0 Å². The molecule has 1 unspecified atom stereocenters. The van der Waals surface area contributed by atoms with Crippen LogP contribution >= 0.6 is 0 Å². The highest BCUT2D eigenvalue weighted by molar-refractivity contribution is 5.31. The third-order valence-corrected chi connectivity index (χ3v) is 2.93. The molecular weight excluding hydrogens is 200 g/mol. The summed E-state index contributed by atoms with van der Waals surface area (Å²) in [4.78, 5) is 0. The van der Waals surface area contributed by atoms with Gasteiger partial charge in [-0.1, -0.05) is 12.2 Å². The van der Waals surface area contributed by atoms with Crippen LogP contribution < -0.4 is 9.47 Å². The standard InChI is InChI=1S/C14H18O2/c1-11-4-3-5-14(10-11)16-13-8-6-12(15-2)7-9-13/h6-9,14H,1,3-5,10H2,2H3. The van der Waals surface area contributed by atoms with Crippen LogP contribution in [0, 0.1) is 0 Å². The molecule has 16 heavy (non-hydrogen) atoms. The van der Waals surface area contributed by atoms with Crippen molar-refractivity contribution in [2.24, 2.45) is 0 Å². The zero-order valence-corrected chi connectivity index (χ0v) is 9.74. The minimum absolute atomic E-state index is 0.301. The Morgan fingerprint density at radius 1 is 1.19 bits per heavy atom. The van der Waals surface area contributed by atoms with Gasteiger partial charge in [0.2, 0.25) is 0 Å². The molecule has 1 saturated carbocycles. The van der Waals surface area contributed by atoms with E-state index in [1.807, 2.05) is 24.3 Å². The first-order valence-corrected chi connectivity index (χ1v) is 5.75. The predicted molar refractivity (Wildman–Crippen MR) is 65.0 cm³/mol. The number of ether oxygens (including phenoxy) is 2. The number of hydrogen-bond acceptors (Lipinski definition) is 2. The molecule has 0 radical (unpaired) electrons. The highest BCUT2D eigenvalue weighted by Gasteiger charge is 2.17. The summed E-state index contributed by atoms with van der Waals surface area (Å²) in [5.74, 6) is 1.78. The van der Waals surface area contributed by atoms with Gasteiger partial charge in [0.15, 0.2) is 0 Å². The molecule has 1 aliphatic carbocycles. The maximum absolute atomic E-state index is 5.91. The number of hydrogen-bond donors (Lipinski definition) is 0. The fourth-order valence-electron chi connectivity index (χ4n) is 2.05. The third-order valence-electron chi connectivity index (χ3n) is 2.93. The lowest BCUT2D eigenvalue weighted by Gasteiger charge is -2.24. The van der Waals surface area contributed by atoms with Gasteiger partial charge in [-0.2, -0.15) is 0 Å². The van der Waals surface area contributed by atoms with E-state index >= 15 is 0 Å². The zero-order valence-electron chi connectivity index (χ0n) is 9.74. The average molecular weight is 218 g/mol. The van der Waals surface area contributed by atoms with Gasteiger partial charge in [-0.15, -0.1) is 0 Å². The van der Waals surface area contributed by atoms with Crippen LogP contribution in [0.2, 0.25) is 0 Å². The average Bonchev–Trinajstić information content (AvgIpc) is 2.30. The van der Waals surface area contributed by atoms with Crippen molar-refractivity contribution in [2.75, 3.05) is 7.11 Å². The van der Waals surface area contributed by atoms with E-state index in [1.165, 1.54) is 12.0 Å². The highest BCUT2D eigenvalue weighted by Crippen LogP contribution is 2.27. The van der Waals surface area contributed by atoms with Crippen LogP contribution in [-0.2, 0) is 0 Å². The Morgan fingerprint density at radius 3 is 2.50 bits per heavy atom. The summed E-state index contributed by atoms with van der Waals surface area (Å²) < 4.78 is 11.0. The van der Waals surface area contributed by atoms with Crippen molar-refractivity contribution in [1.29, 1.82) is 0 Å². The summed E-state index contributed by atoms with van der Waals surface area (Å²) in [6, 6.07) is 7.76. The molecule has 1 aromatic carbocycles. The lowest BCUT2D eigenvalue weighted by atomic mass is 9.94. The predicted octanol–water partition coefficient (Wildman–Crippen LogP) is 3.57. The van der Waals surface area contributed by atoms with Crippen LogP contribution in [0.4, 0.5) is 0 Å². The van der Waals surface area contributed by atoms with Gasteiger partial charge >= 0.3 is 0 Å². The maximum Gasteiger partial charge on any atom is 0.120 e. The molecule has 0 aliphatic heterocycles. The van der Waals surface area contributed by atoms with Gasteiger partial charge < -0.3 is 9.47 Å². The summed E-state index contributed by atoms with van der Waals surface area (Å²) in [5, 5.41) is 0. The molecular formula is C14H18O2. The first-order chi connectivity index (χ1) is 7.78. The van der Waals surface area contributed by atoms with Crippen molar-refractivity contribution in [1.82, 2.24) is 0 Å². The molecule has 0 aromatic heterocycles. The summed E-state index contributed by atoms with van der Waals surface area (Å²) in [7, 11) is 1.67. The van der Waals surface area contributed by atoms with Crippen LogP contribution in [-0.4, -0.2) is 13.2 Å². The molecule has 1 aromatic rings. The maximum atomic E-state index is 5.91. The first kappa shape index (κ1) is 11.1. The number of rotatable bonds is 3. The summed E-state index contributed by atoms with van der Waals surface area (Å²) in [6.45, 7) is 4.03. The Hall–Kier alpha value is -1.44. The third kappa shape index (κ3) is 2.78. The first-order valence-electron chi connectivity index (χ1n) is 5.75. The van der Waals surface area contributed by atoms with E-state index in [4.69, 9.17) is 9.47 Å². The van der Waals surface area contributed by atoms with Gasteiger partial charge in [-0.05, 0) is 43.5 Å². The highest BCUT2D eigenvalue weighted by atomic mass is 16.5. The molecule has 2 nitrogen and oxygen atoms in total. The van der Waals surface area contributed by atoms with Crippen LogP contribution in [0.15, 0.2) is 36.4 Å². The molecule has 1 fully saturated rings. The Balaban J connectivity index is 1.94. The summed E-state index contributed by atoms with van der Waals surface area (Å²) in [5.41, 5.74) is 1.31. The van der Waals surface area contributed by atoms with E-state index < -0.39 is 0 Å². The molecule has 1 aliphatic rings. The van der Waals surface area contributed by atoms with Crippen molar-refractivity contribution < 1.29 is 9.47 Å². The van der Waals surface area contributed by atoms with Crippen LogP contribution in [0.5, 0.6) is 11.5 Å². The molecule has 1 atom stereocenters. The molecule has 0 bridgehead atoms. The zero-order chi connectivity index (χ0) is 11.4. The van der Waals surface area contributed by atoms with Gasteiger partial charge in [-0.25, -0.2) is 0 Å². The van der Waals surface area contributed by atoms with E-state index in [0.717, 1.165) is 30.8 Å². The summed E-state index contributed by atoms with van der Waals surface area (Å²) in [6.07, 6.45) is 4.77. The van der Waals surface area contributed by atoms with Gasteiger partial charge in [0, 0.05) is 6.42 Å². The summed E-state index contributed by atoms with van der Waals surface area (Å²) >= 11 is 0. The fourth-order valence-corrected chi connectivity index (χ4v) is 2.05. The van der Waals surface area contributed by atoms with Crippen LogP contribution in [0.3, 0.4) is 0 Å². The van der Waals surface area contributed by atoms with Crippen LogP contribution in [0.25, 0.3) is 0 Å². The second-order valence-electron chi connectivity index (χ2n) is 4.26. The van der Waals surface area contributed by atoms with Crippen molar-refractivity contribution in [3.63, 3.8) is 0 Å². The van der Waals surface area contributed by atoms with E-state index in [0.29, 0.717) is 6.10 Å². The van der Waals surface area contributed by atoms with Crippen molar-refractivity contribution >= 4 is 0 Å². The second kappa shape index (κ2) is 5.06. The minimum Gasteiger partial charge on any atom is -0.497 e. The smallest absolute Gasteiger partial charge is 0.120 e. The van der Waals surface area contributed by atoms with Crippen molar-refractivity contribution in [3.05, 3.63) is 36.4 Å². The van der Waals surface area contributed by atoms with Crippen LogP contribution in [0.1, 0.15) is 25.7 Å². The lowest BCUT2D eigenvalue weighted by molar-refractivity contribution is 0.175. The molecule has 86 valence electrons. The number of benzene rings is 1. The molecule has 0 spiro atoms. The monoisotopic (exact) mass is 218 g/mol. The molecule has 0 N–H and O–H groups in total. The van der Waals surface area contributed by atoms with Crippen molar-refractivity contribution in [3.8, 4) is 11.5 Å².